The number of benzene rings is 2. The molecule has 0 saturated carbocycles. The Morgan fingerprint density at radius 2 is 1.46 bits per heavy atom. The molecule has 0 fully saturated rings. The molecule has 0 radical (unpaired) electrons. The lowest BCUT2D eigenvalue weighted by molar-refractivity contribution is -0.0984. The predicted molar refractivity (Wildman–Crippen MR) is 90.3 cm³/mol. The highest BCUT2D eigenvalue weighted by molar-refractivity contribution is 5.74. The van der Waals surface area contributed by atoms with E-state index in [0.29, 0.717) is 17.5 Å². The molecule has 2 atom stereocenters. The van der Waals surface area contributed by atoms with Gasteiger partial charge in [0.25, 0.3) is 0 Å². The predicted octanol–water partition coefficient (Wildman–Crippen LogP) is 5.78. The fraction of sp³-hybridized carbons (Fsp3) is 0.300. The van der Waals surface area contributed by atoms with Gasteiger partial charge in [-0.15, -0.1) is 0 Å². The molecule has 0 heterocycles. The normalized spacial score (nSPS) is 15.6. The lowest BCUT2D eigenvalue weighted by atomic mass is 9.84. The summed E-state index contributed by atoms with van der Waals surface area (Å²) in [6.45, 7) is 3.26. The van der Waals surface area contributed by atoms with Gasteiger partial charge in [-0.25, -0.2) is 0 Å². The van der Waals surface area contributed by atoms with Crippen LogP contribution in [-0.2, 0) is 0 Å². The van der Waals surface area contributed by atoms with Crippen LogP contribution in [0.25, 0.3) is 5.57 Å². The zero-order chi connectivity index (χ0) is 17.7. The number of hydrogen-bond acceptors (Lipinski definition) is 1. The van der Waals surface area contributed by atoms with Crippen LogP contribution in [0.4, 0.5) is 13.2 Å². The van der Waals surface area contributed by atoms with Gasteiger partial charge in [-0.2, -0.15) is 13.2 Å². The molecular weight excluding hydrogens is 313 g/mol. The molecule has 128 valence electrons. The first-order chi connectivity index (χ1) is 11.4. The lowest BCUT2D eigenvalue weighted by Gasteiger charge is -2.26. The van der Waals surface area contributed by atoms with Crippen LogP contribution in [0.3, 0.4) is 0 Å². The molecule has 2 aromatic rings. The number of aliphatic hydroxyl groups excluding tert-OH is 1. The second-order valence-electron chi connectivity index (χ2n) is 5.81. The molecule has 0 saturated heterocycles. The second kappa shape index (κ2) is 7.67. The van der Waals surface area contributed by atoms with E-state index in [4.69, 9.17) is 0 Å². The highest BCUT2D eigenvalue weighted by atomic mass is 19.4. The van der Waals surface area contributed by atoms with Crippen LogP contribution >= 0.6 is 0 Å². The summed E-state index contributed by atoms with van der Waals surface area (Å²) in [6, 6.07) is 16.8. The van der Waals surface area contributed by atoms with Gasteiger partial charge in [0.15, 0.2) is 0 Å². The highest BCUT2D eigenvalue weighted by Gasteiger charge is 2.40. The van der Waals surface area contributed by atoms with Crippen molar-refractivity contribution in [3.05, 3.63) is 77.4 Å². The van der Waals surface area contributed by atoms with Gasteiger partial charge in [-0.05, 0) is 23.5 Å². The van der Waals surface area contributed by atoms with E-state index in [1.807, 2.05) is 0 Å². The van der Waals surface area contributed by atoms with E-state index in [2.05, 4.69) is 0 Å². The Bertz CT molecular complexity index is 675. The molecule has 2 rings (SSSR count). The van der Waals surface area contributed by atoms with Gasteiger partial charge in [0, 0.05) is 11.1 Å². The van der Waals surface area contributed by atoms with Crippen LogP contribution in [0.2, 0.25) is 0 Å². The maximum atomic E-state index is 13.8. The smallest absolute Gasteiger partial charge is 0.384 e. The first kappa shape index (κ1) is 18.3. The van der Waals surface area contributed by atoms with E-state index in [9.17, 15) is 18.3 Å². The minimum absolute atomic E-state index is 0.0661. The van der Waals surface area contributed by atoms with E-state index in [-0.39, 0.29) is 5.57 Å². The van der Waals surface area contributed by atoms with Crippen molar-refractivity contribution in [1.82, 2.24) is 0 Å². The Morgan fingerprint density at radius 3 is 1.92 bits per heavy atom. The zero-order valence-corrected chi connectivity index (χ0v) is 13.7. The monoisotopic (exact) mass is 334 g/mol. The van der Waals surface area contributed by atoms with Crippen molar-refractivity contribution in [2.75, 3.05) is 0 Å². The third kappa shape index (κ3) is 4.06. The molecule has 1 N–H and O–H groups in total. The Morgan fingerprint density at radius 1 is 0.958 bits per heavy atom. The van der Waals surface area contributed by atoms with Gasteiger partial charge < -0.3 is 5.11 Å². The van der Waals surface area contributed by atoms with E-state index in [1.54, 1.807) is 74.5 Å². The van der Waals surface area contributed by atoms with Crippen LogP contribution in [0.15, 0.2) is 66.2 Å². The van der Waals surface area contributed by atoms with Crippen LogP contribution in [0.1, 0.15) is 37.5 Å². The summed E-state index contributed by atoms with van der Waals surface area (Å²) in [5, 5.41) is 10.8. The van der Waals surface area contributed by atoms with Gasteiger partial charge in [0.2, 0.25) is 0 Å². The van der Waals surface area contributed by atoms with Crippen molar-refractivity contribution >= 4 is 5.57 Å². The molecule has 0 spiro atoms. The Labute approximate surface area is 140 Å². The van der Waals surface area contributed by atoms with Crippen LogP contribution in [0, 0.1) is 5.92 Å². The van der Waals surface area contributed by atoms with Crippen molar-refractivity contribution < 1.29 is 18.3 Å². The number of rotatable bonds is 5. The summed E-state index contributed by atoms with van der Waals surface area (Å²) in [5.41, 5.74) is 0.110. The van der Waals surface area contributed by atoms with Gasteiger partial charge in [0.05, 0.1) is 0 Å². The van der Waals surface area contributed by atoms with Crippen molar-refractivity contribution in [2.24, 2.45) is 5.92 Å². The summed E-state index contributed by atoms with van der Waals surface area (Å²) in [7, 11) is 0. The van der Waals surface area contributed by atoms with Crippen LogP contribution in [0.5, 0.6) is 0 Å². The topological polar surface area (TPSA) is 20.2 Å². The number of hydrogen-bond donors (Lipinski definition) is 1. The molecule has 2 unspecified atom stereocenters. The Hall–Kier alpha value is -2.07. The van der Waals surface area contributed by atoms with E-state index in [1.165, 1.54) is 0 Å². The molecule has 1 nitrogen and oxygen atoms in total. The maximum absolute atomic E-state index is 13.8. The summed E-state index contributed by atoms with van der Waals surface area (Å²) < 4.78 is 41.4. The third-order valence-corrected chi connectivity index (χ3v) is 4.17. The standard InChI is InChI=1S/C20H21F3O/c1-3-14(2)18(20(21,22)23)17(15-10-6-4-7-11-15)19(24)16-12-8-5-9-13-16/h4-14,19,24H,3H2,1-2H3/b18-17-. The van der Waals surface area contributed by atoms with E-state index >= 15 is 0 Å². The summed E-state index contributed by atoms with van der Waals surface area (Å²) in [4.78, 5) is 0. The van der Waals surface area contributed by atoms with Gasteiger partial charge in [-0.3, -0.25) is 0 Å². The molecule has 2 aromatic carbocycles. The fourth-order valence-electron chi connectivity index (χ4n) is 2.78. The molecule has 0 bridgehead atoms. The molecule has 4 heteroatoms. The molecular formula is C20H21F3O. The van der Waals surface area contributed by atoms with Crippen molar-refractivity contribution in [2.45, 2.75) is 32.5 Å². The second-order valence-corrected chi connectivity index (χ2v) is 5.81. The minimum atomic E-state index is -4.50. The van der Waals surface area contributed by atoms with Gasteiger partial charge in [0.1, 0.15) is 6.10 Å². The van der Waals surface area contributed by atoms with Crippen molar-refractivity contribution in [3.63, 3.8) is 0 Å². The quantitative estimate of drug-likeness (QED) is 0.734. The van der Waals surface area contributed by atoms with Crippen LogP contribution < -0.4 is 0 Å². The average Bonchev–Trinajstić information content (AvgIpc) is 2.59. The third-order valence-electron chi connectivity index (χ3n) is 4.17. The Balaban J connectivity index is 2.72. The molecule has 0 aliphatic carbocycles. The largest absolute Gasteiger partial charge is 0.413 e. The molecule has 0 amide bonds. The maximum Gasteiger partial charge on any atom is 0.413 e. The minimum Gasteiger partial charge on any atom is -0.384 e. The number of allylic oxidation sites excluding steroid dienone is 1. The molecule has 0 aliphatic heterocycles. The fourth-order valence-corrected chi connectivity index (χ4v) is 2.78. The SMILES string of the molecule is CCC(C)/C(=C(\c1ccccc1)C(O)c1ccccc1)C(F)(F)F. The average molecular weight is 334 g/mol. The molecule has 24 heavy (non-hydrogen) atoms. The highest BCUT2D eigenvalue weighted by Crippen LogP contribution is 2.43. The van der Waals surface area contributed by atoms with E-state index < -0.39 is 23.8 Å². The summed E-state index contributed by atoms with van der Waals surface area (Å²) >= 11 is 0. The Kier molecular flexibility index (Phi) is 5.84. The lowest BCUT2D eigenvalue weighted by Crippen LogP contribution is -2.22. The van der Waals surface area contributed by atoms with Gasteiger partial charge >= 0.3 is 6.18 Å². The van der Waals surface area contributed by atoms with Crippen LogP contribution in [-0.4, -0.2) is 11.3 Å². The number of aliphatic hydroxyl groups is 1. The molecule has 0 aliphatic rings. The number of halogens is 3. The van der Waals surface area contributed by atoms with Crippen molar-refractivity contribution in [3.8, 4) is 0 Å². The zero-order valence-electron chi connectivity index (χ0n) is 13.7. The number of alkyl halides is 3. The van der Waals surface area contributed by atoms with Gasteiger partial charge in [-0.1, -0.05) is 74.5 Å². The van der Waals surface area contributed by atoms with Crippen molar-refractivity contribution in [1.29, 1.82) is 0 Å². The first-order valence-electron chi connectivity index (χ1n) is 7.96. The first-order valence-corrected chi connectivity index (χ1v) is 7.96. The summed E-state index contributed by atoms with van der Waals surface area (Å²) in [6.07, 6.45) is -5.50. The van der Waals surface area contributed by atoms with E-state index in [0.717, 1.165) is 0 Å². The molecule has 0 aromatic heterocycles. The summed E-state index contributed by atoms with van der Waals surface area (Å²) in [5.74, 6) is -0.710.